The summed E-state index contributed by atoms with van der Waals surface area (Å²) in [5, 5.41) is 16.7. The SMILES string of the molecule is O=C(Cc1cccc([N+](=O)[O-])c1)NC[C@H]1CCNC1. The lowest BCUT2D eigenvalue weighted by Gasteiger charge is -2.09. The highest BCUT2D eigenvalue weighted by molar-refractivity contribution is 5.78. The highest BCUT2D eigenvalue weighted by atomic mass is 16.6. The lowest BCUT2D eigenvalue weighted by Crippen LogP contribution is -2.31. The van der Waals surface area contributed by atoms with Gasteiger partial charge in [0, 0.05) is 18.7 Å². The van der Waals surface area contributed by atoms with E-state index in [-0.39, 0.29) is 18.0 Å². The number of nitrogens with one attached hydrogen (secondary N) is 2. The van der Waals surface area contributed by atoms with E-state index in [1.165, 1.54) is 12.1 Å². The molecule has 19 heavy (non-hydrogen) atoms. The maximum Gasteiger partial charge on any atom is 0.269 e. The molecule has 6 heteroatoms. The fourth-order valence-electron chi connectivity index (χ4n) is 2.17. The third-order valence-electron chi connectivity index (χ3n) is 3.24. The molecule has 6 nitrogen and oxygen atoms in total. The number of nitrogens with zero attached hydrogens (tertiary/aromatic N) is 1. The lowest BCUT2D eigenvalue weighted by atomic mass is 10.1. The summed E-state index contributed by atoms with van der Waals surface area (Å²) < 4.78 is 0. The number of benzene rings is 1. The van der Waals surface area contributed by atoms with Crippen LogP contribution in [0.2, 0.25) is 0 Å². The van der Waals surface area contributed by atoms with Crippen molar-refractivity contribution in [3.05, 3.63) is 39.9 Å². The molecule has 0 aliphatic carbocycles. The van der Waals surface area contributed by atoms with E-state index in [9.17, 15) is 14.9 Å². The monoisotopic (exact) mass is 263 g/mol. The van der Waals surface area contributed by atoms with Gasteiger partial charge in [-0.05, 0) is 31.0 Å². The Kier molecular flexibility index (Phi) is 4.46. The van der Waals surface area contributed by atoms with Crippen LogP contribution in [0.25, 0.3) is 0 Å². The van der Waals surface area contributed by atoms with E-state index in [0.29, 0.717) is 18.0 Å². The summed E-state index contributed by atoms with van der Waals surface area (Å²) in [5.41, 5.74) is 0.682. The van der Waals surface area contributed by atoms with Crippen molar-refractivity contribution in [1.29, 1.82) is 0 Å². The van der Waals surface area contributed by atoms with Gasteiger partial charge in [0.05, 0.1) is 11.3 Å². The first-order valence-electron chi connectivity index (χ1n) is 6.36. The minimum absolute atomic E-state index is 0.0188. The molecule has 102 valence electrons. The molecule has 0 bridgehead atoms. The molecule has 0 unspecified atom stereocenters. The molecule has 1 atom stereocenters. The molecule has 0 radical (unpaired) electrons. The number of nitro benzene ring substituents is 1. The summed E-state index contributed by atoms with van der Waals surface area (Å²) in [4.78, 5) is 21.9. The van der Waals surface area contributed by atoms with Crippen LogP contribution in [0.4, 0.5) is 5.69 Å². The van der Waals surface area contributed by atoms with Crippen molar-refractivity contribution < 1.29 is 9.72 Å². The third kappa shape index (κ3) is 4.03. The van der Waals surface area contributed by atoms with Crippen molar-refractivity contribution >= 4 is 11.6 Å². The van der Waals surface area contributed by atoms with Crippen molar-refractivity contribution in [2.24, 2.45) is 5.92 Å². The number of carbonyl (C=O) groups excluding carboxylic acids is 1. The topological polar surface area (TPSA) is 84.3 Å². The van der Waals surface area contributed by atoms with Crippen molar-refractivity contribution in [1.82, 2.24) is 10.6 Å². The molecule has 2 N–H and O–H groups in total. The summed E-state index contributed by atoms with van der Waals surface area (Å²) >= 11 is 0. The second kappa shape index (κ2) is 6.29. The highest BCUT2D eigenvalue weighted by Crippen LogP contribution is 2.13. The zero-order valence-corrected chi connectivity index (χ0v) is 10.6. The number of hydrogen-bond donors (Lipinski definition) is 2. The average Bonchev–Trinajstić information content (AvgIpc) is 2.90. The van der Waals surface area contributed by atoms with E-state index >= 15 is 0 Å². The minimum atomic E-state index is -0.453. The van der Waals surface area contributed by atoms with Gasteiger partial charge in [0.2, 0.25) is 5.91 Å². The van der Waals surface area contributed by atoms with Crippen LogP contribution in [0.15, 0.2) is 24.3 Å². The molecule has 0 saturated carbocycles. The summed E-state index contributed by atoms with van der Waals surface area (Å²) in [6.07, 6.45) is 1.26. The molecule has 1 aliphatic rings. The van der Waals surface area contributed by atoms with E-state index in [2.05, 4.69) is 10.6 Å². The van der Waals surface area contributed by atoms with Crippen molar-refractivity contribution in [2.75, 3.05) is 19.6 Å². The van der Waals surface area contributed by atoms with Gasteiger partial charge >= 0.3 is 0 Å². The number of non-ortho nitro benzene ring substituents is 1. The van der Waals surface area contributed by atoms with Crippen LogP contribution in [-0.4, -0.2) is 30.5 Å². The molecule has 1 aromatic rings. The maximum absolute atomic E-state index is 11.7. The molecule has 2 rings (SSSR count). The van der Waals surface area contributed by atoms with Crippen LogP contribution in [0.5, 0.6) is 0 Å². The number of rotatable bonds is 5. The summed E-state index contributed by atoms with van der Waals surface area (Å²) in [6, 6.07) is 6.19. The number of carbonyl (C=O) groups is 1. The smallest absolute Gasteiger partial charge is 0.269 e. The molecule has 0 aromatic heterocycles. The predicted octanol–water partition coefficient (Wildman–Crippen LogP) is 0.863. The zero-order chi connectivity index (χ0) is 13.7. The van der Waals surface area contributed by atoms with E-state index < -0.39 is 4.92 Å². The first kappa shape index (κ1) is 13.5. The van der Waals surface area contributed by atoms with Crippen LogP contribution in [0, 0.1) is 16.0 Å². The fraction of sp³-hybridized carbons (Fsp3) is 0.462. The third-order valence-corrected chi connectivity index (χ3v) is 3.24. The lowest BCUT2D eigenvalue weighted by molar-refractivity contribution is -0.384. The van der Waals surface area contributed by atoms with Crippen LogP contribution in [0.1, 0.15) is 12.0 Å². The minimum Gasteiger partial charge on any atom is -0.355 e. The second-order valence-corrected chi connectivity index (χ2v) is 4.77. The Bertz CT molecular complexity index is 470. The van der Waals surface area contributed by atoms with E-state index in [1.54, 1.807) is 12.1 Å². The van der Waals surface area contributed by atoms with Crippen LogP contribution in [-0.2, 0) is 11.2 Å². The Morgan fingerprint density at radius 3 is 3.05 bits per heavy atom. The molecule has 1 aliphatic heterocycles. The Balaban J connectivity index is 1.84. The largest absolute Gasteiger partial charge is 0.355 e. The van der Waals surface area contributed by atoms with Gasteiger partial charge in [0.15, 0.2) is 0 Å². The molecular weight excluding hydrogens is 246 g/mol. The standard InChI is InChI=1S/C13H17N3O3/c17-13(15-9-11-4-5-14-8-11)7-10-2-1-3-12(6-10)16(18)19/h1-3,6,11,14H,4-5,7-9H2,(H,15,17)/t11-/m0/s1. The van der Waals surface area contributed by atoms with Gasteiger partial charge < -0.3 is 10.6 Å². The van der Waals surface area contributed by atoms with Gasteiger partial charge in [-0.2, -0.15) is 0 Å². The molecule has 1 saturated heterocycles. The molecule has 1 fully saturated rings. The molecule has 1 aromatic carbocycles. The van der Waals surface area contributed by atoms with Crippen LogP contribution in [0.3, 0.4) is 0 Å². The summed E-state index contributed by atoms with van der Waals surface area (Å²) in [6.45, 7) is 2.61. The number of amides is 1. The number of hydrogen-bond acceptors (Lipinski definition) is 4. The summed E-state index contributed by atoms with van der Waals surface area (Å²) in [5.74, 6) is 0.404. The van der Waals surface area contributed by atoms with E-state index in [1.807, 2.05) is 0 Å². The Labute approximate surface area is 111 Å². The molecule has 1 heterocycles. The zero-order valence-electron chi connectivity index (χ0n) is 10.6. The van der Waals surface area contributed by atoms with Crippen molar-refractivity contribution in [3.63, 3.8) is 0 Å². The Morgan fingerprint density at radius 1 is 1.53 bits per heavy atom. The van der Waals surface area contributed by atoms with Gasteiger partial charge in [-0.15, -0.1) is 0 Å². The molecular formula is C13H17N3O3. The quantitative estimate of drug-likeness (QED) is 0.609. The predicted molar refractivity (Wildman–Crippen MR) is 70.8 cm³/mol. The van der Waals surface area contributed by atoms with Crippen LogP contribution >= 0.6 is 0 Å². The van der Waals surface area contributed by atoms with E-state index in [4.69, 9.17) is 0 Å². The Morgan fingerprint density at radius 2 is 2.37 bits per heavy atom. The van der Waals surface area contributed by atoms with E-state index in [0.717, 1.165) is 19.5 Å². The van der Waals surface area contributed by atoms with Crippen molar-refractivity contribution in [2.45, 2.75) is 12.8 Å². The van der Waals surface area contributed by atoms with Crippen LogP contribution < -0.4 is 10.6 Å². The molecule has 0 spiro atoms. The van der Waals surface area contributed by atoms with Gasteiger partial charge in [-0.1, -0.05) is 12.1 Å². The second-order valence-electron chi connectivity index (χ2n) is 4.77. The number of nitro groups is 1. The maximum atomic E-state index is 11.7. The Hall–Kier alpha value is -1.95. The first-order valence-corrected chi connectivity index (χ1v) is 6.36. The summed E-state index contributed by atoms with van der Waals surface area (Å²) in [7, 11) is 0. The average molecular weight is 263 g/mol. The van der Waals surface area contributed by atoms with Crippen molar-refractivity contribution in [3.8, 4) is 0 Å². The van der Waals surface area contributed by atoms with Gasteiger partial charge in [-0.3, -0.25) is 14.9 Å². The van der Waals surface area contributed by atoms with Gasteiger partial charge in [0.1, 0.15) is 0 Å². The van der Waals surface area contributed by atoms with Gasteiger partial charge in [0.25, 0.3) is 5.69 Å². The fourth-order valence-corrected chi connectivity index (χ4v) is 2.17. The first-order chi connectivity index (χ1) is 9.15. The normalized spacial score (nSPS) is 18.2. The molecule has 1 amide bonds. The van der Waals surface area contributed by atoms with Gasteiger partial charge in [-0.25, -0.2) is 0 Å². The highest BCUT2D eigenvalue weighted by Gasteiger charge is 2.15.